The van der Waals surface area contributed by atoms with Gasteiger partial charge in [-0.05, 0) is 70.6 Å². The van der Waals surface area contributed by atoms with Crippen LogP contribution in [-0.2, 0) is 14.9 Å². The molecule has 0 radical (unpaired) electrons. The number of nitrogens with one attached hydrogen (secondary N) is 1. The average Bonchev–Trinajstić information content (AvgIpc) is 3.18. The molecule has 4 N–H and O–H groups in total. The minimum atomic E-state index is -4.46. The Kier molecular flexibility index (Phi) is 40.7. The third kappa shape index (κ3) is 41.9. The van der Waals surface area contributed by atoms with E-state index in [9.17, 15) is 28.0 Å². The lowest BCUT2D eigenvalue weighted by atomic mass is 10.0. The van der Waals surface area contributed by atoms with E-state index in [0.717, 1.165) is 57.8 Å². The molecule has 57 heavy (non-hydrogen) atoms. The van der Waals surface area contributed by atoms with Crippen molar-refractivity contribution in [3.05, 3.63) is 60.8 Å². The summed E-state index contributed by atoms with van der Waals surface area (Å²) in [6.45, 7) is 4.43. The largest absolute Gasteiger partial charge is 0.387 e. The minimum Gasteiger partial charge on any atom is -0.387 e. The van der Waals surface area contributed by atoms with Crippen LogP contribution >= 0.6 is 0 Å². The monoisotopic (exact) mass is 820 g/mol. The van der Waals surface area contributed by atoms with Gasteiger partial charge >= 0.3 is 0 Å². The minimum absolute atomic E-state index is 0.268. The van der Waals surface area contributed by atoms with Gasteiger partial charge in [-0.15, -0.1) is 0 Å². The van der Waals surface area contributed by atoms with Crippen molar-refractivity contribution in [1.29, 1.82) is 0 Å². The Morgan fingerprint density at radius 2 is 0.895 bits per heavy atom. The van der Waals surface area contributed by atoms with Gasteiger partial charge in [-0.1, -0.05) is 209 Å². The van der Waals surface area contributed by atoms with Gasteiger partial charge in [0.1, 0.15) is 6.10 Å². The molecule has 0 rings (SSSR count). The van der Waals surface area contributed by atoms with E-state index >= 15 is 0 Å². The van der Waals surface area contributed by atoms with Gasteiger partial charge in [-0.25, -0.2) is 0 Å². The molecule has 0 aliphatic heterocycles. The van der Waals surface area contributed by atoms with Crippen LogP contribution in [-0.4, -0.2) is 53.1 Å². The van der Waals surface area contributed by atoms with Gasteiger partial charge in [-0.3, -0.25) is 9.35 Å². The van der Waals surface area contributed by atoms with Gasteiger partial charge < -0.3 is 15.5 Å². The summed E-state index contributed by atoms with van der Waals surface area (Å²) < 4.78 is 32.6. The van der Waals surface area contributed by atoms with Crippen molar-refractivity contribution >= 4 is 16.0 Å². The Morgan fingerprint density at radius 1 is 0.509 bits per heavy atom. The van der Waals surface area contributed by atoms with Gasteiger partial charge in [0, 0.05) is 0 Å². The zero-order valence-electron chi connectivity index (χ0n) is 36.8. The first-order valence-corrected chi connectivity index (χ1v) is 25.2. The fourth-order valence-corrected chi connectivity index (χ4v) is 7.67. The third-order valence-corrected chi connectivity index (χ3v) is 11.3. The van der Waals surface area contributed by atoms with Gasteiger partial charge in [0.25, 0.3) is 10.1 Å². The highest BCUT2D eigenvalue weighted by Crippen LogP contribution is 2.15. The highest BCUT2D eigenvalue weighted by atomic mass is 32.2. The van der Waals surface area contributed by atoms with Crippen LogP contribution in [0.4, 0.5) is 0 Å². The molecule has 0 fully saturated rings. The molecule has 8 heteroatoms. The number of aliphatic hydroxyl groups excluding tert-OH is 2. The standard InChI is InChI=1S/C49H89NO6S/c1-3-5-7-9-11-13-15-17-19-21-23-25-27-29-31-33-35-37-39-41-43-47(51)46(45-57(54,55)56)50-49(53)48(52)44-42-40-38-36-34-32-30-28-26-24-22-20-18-16-14-12-10-8-6-4-2/h6,8,12,14,25,27,33,35,41,43,46-48,51-52H,3-5,7,9-11,13,15-24,26,28-32,34,36-40,42,44-45H2,1-2H3,(H,50,53)(H,54,55,56)/b8-6-,14-12-,27-25+,35-33+,43-41+. The Bertz CT molecular complexity index is 1140. The lowest BCUT2D eigenvalue weighted by Crippen LogP contribution is -2.50. The topological polar surface area (TPSA) is 124 Å². The third-order valence-electron chi connectivity index (χ3n) is 10.5. The van der Waals surface area contributed by atoms with Crippen molar-refractivity contribution in [1.82, 2.24) is 5.32 Å². The van der Waals surface area contributed by atoms with Gasteiger partial charge in [0.05, 0.1) is 17.9 Å². The maximum absolute atomic E-state index is 12.6. The van der Waals surface area contributed by atoms with Crippen molar-refractivity contribution in [2.24, 2.45) is 0 Å². The Morgan fingerprint density at radius 3 is 1.35 bits per heavy atom. The number of unbranched alkanes of at least 4 members (excludes halogenated alkanes) is 25. The van der Waals surface area contributed by atoms with E-state index in [1.807, 2.05) is 0 Å². The fraction of sp³-hybridized carbons (Fsp3) is 0.776. The van der Waals surface area contributed by atoms with Crippen molar-refractivity contribution in [3.8, 4) is 0 Å². The van der Waals surface area contributed by atoms with E-state index in [-0.39, 0.29) is 6.42 Å². The number of rotatable bonds is 42. The maximum atomic E-state index is 12.6. The second-order valence-corrected chi connectivity index (χ2v) is 17.6. The van der Waals surface area contributed by atoms with Crippen LogP contribution in [0.15, 0.2) is 60.8 Å². The molecule has 0 spiro atoms. The molecule has 0 saturated carbocycles. The molecule has 0 aromatic carbocycles. The van der Waals surface area contributed by atoms with Crippen molar-refractivity contribution in [2.45, 2.75) is 238 Å². The molecule has 7 nitrogen and oxygen atoms in total. The smallest absolute Gasteiger partial charge is 0.267 e. The normalized spacial score (nSPS) is 14.3. The van der Waals surface area contributed by atoms with Gasteiger partial charge in [0.2, 0.25) is 5.91 Å². The SMILES string of the molecule is CC/C=C\C/C=C\CCCCCCCCCCCCCCCC(O)C(=O)NC(CS(=O)(=O)O)C(O)/C=C/CC/C=C/CC/C=C/CCCCCCCCCCCC. The Balaban J connectivity index is 4.01. The molecule has 0 saturated heterocycles. The van der Waals surface area contributed by atoms with E-state index < -0.39 is 40.0 Å². The Labute approximate surface area is 352 Å². The van der Waals surface area contributed by atoms with Crippen LogP contribution in [0.25, 0.3) is 0 Å². The molecule has 332 valence electrons. The number of amides is 1. The maximum Gasteiger partial charge on any atom is 0.267 e. The summed E-state index contributed by atoms with van der Waals surface area (Å²) in [5, 5.41) is 23.5. The summed E-state index contributed by atoms with van der Waals surface area (Å²) in [6.07, 6.45) is 55.7. The van der Waals surface area contributed by atoms with Crippen LogP contribution in [0.2, 0.25) is 0 Å². The highest BCUT2D eigenvalue weighted by Gasteiger charge is 2.27. The fourth-order valence-electron chi connectivity index (χ4n) is 6.94. The molecule has 0 heterocycles. The molecule has 0 aliphatic carbocycles. The number of hydrogen-bond acceptors (Lipinski definition) is 5. The first-order valence-electron chi connectivity index (χ1n) is 23.6. The van der Waals surface area contributed by atoms with Crippen molar-refractivity contribution in [3.63, 3.8) is 0 Å². The van der Waals surface area contributed by atoms with Crippen LogP contribution < -0.4 is 5.32 Å². The zero-order valence-corrected chi connectivity index (χ0v) is 37.6. The van der Waals surface area contributed by atoms with E-state index in [2.05, 4.69) is 67.8 Å². The van der Waals surface area contributed by atoms with E-state index in [1.54, 1.807) is 6.08 Å². The molecule has 3 unspecified atom stereocenters. The lowest BCUT2D eigenvalue weighted by Gasteiger charge is -2.22. The summed E-state index contributed by atoms with van der Waals surface area (Å²) in [4.78, 5) is 12.6. The quantitative estimate of drug-likeness (QED) is 0.0276. The Hall–Kier alpha value is -2.00. The molecule has 3 atom stereocenters. The second kappa shape index (κ2) is 42.1. The van der Waals surface area contributed by atoms with E-state index in [1.165, 1.54) is 134 Å². The average molecular weight is 820 g/mol. The summed E-state index contributed by atoms with van der Waals surface area (Å²) in [7, 11) is -4.46. The van der Waals surface area contributed by atoms with Gasteiger partial charge in [-0.2, -0.15) is 8.42 Å². The molecule has 0 aromatic heterocycles. The zero-order chi connectivity index (χ0) is 41.9. The predicted octanol–water partition coefficient (Wildman–Crippen LogP) is 13.4. The summed E-state index contributed by atoms with van der Waals surface area (Å²) in [5.74, 6) is -1.57. The van der Waals surface area contributed by atoms with Crippen molar-refractivity contribution in [2.75, 3.05) is 5.75 Å². The van der Waals surface area contributed by atoms with Crippen LogP contribution in [0, 0.1) is 0 Å². The summed E-state index contributed by atoms with van der Waals surface area (Å²) in [6, 6.07) is -1.26. The molecular weight excluding hydrogens is 731 g/mol. The lowest BCUT2D eigenvalue weighted by molar-refractivity contribution is -0.130. The van der Waals surface area contributed by atoms with E-state index in [0.29, 0.717) is 12.8 Å². The van der Waals surface area contributed by atoms with Crippen molar-refractivity contribution < 1.29 is 28.0 Å². The summed E-state index contributed by atoms with van der Waals surface area (Å²) in [5.41, 5.74) is 0. The summed E-state index contributed by atoms with van der Waals surface area (Å²) >= 11 is 0. The van der Waals surface area contributed by atoms with Crippen LogP contribution in [0.3, 0.4) is 0 Å². The molecule has 0 aliphatic rings. The number of allylic oxidation sites excluding steroid dienone is 9. The molecule has 0 aromatic rings. The van der Waals surface area contributed by atoms with Gasteiger partial charge in [0.15, 0.2) is 0 Å². The number of carbonyl (C=O) groups excluding carboxylic acids is 1. The van der Waals surface area contributed by atoms with Crippen LogP contribution in [0.5, 0.6) is 0 Å². The van der Waals surface area contributed by atoms with E-state index in [4.69, 9.17) is 0 Å². The predicted molar refractivity (Wildman–Crippen MR) is 245 cm³/mol. The number of aliphatic hydroxyl groups is 2. The number of carbonyl (C=O) groups is 1. The molecule has 0 bridgehead atoms. The highest BCUT2D eigenvalue weighted by molar-refractivity contribution is 7.85. The molecular formula is C49H89NO6S. The first kappa shape index (κ1) is 55.0. The second-order valence-electron chi connectivity index (χ2n) is 16.1. The number of hydrogen-bond donors (Lipinski definition) is 4. The first-order chi connectivity index (χ1) is 27.7. The molecule has 1 amide bonds. The van der Waals surface area contributed by atoms with Crippen LogP contribution in [0.1, 0.15) is 219 Å².